The van der Waals surface area contributed by atoms with Crippen LogP contribution in [-0.4, -0.2) is 6.54 Å². The summed E-state index contributed by atoms with van der Waals surface area (Å²) in [5.74, 6) is 0.496. The largest absolute Gasteiger partial charge is 0.330 e. The third-order valence-electron chi connectivity index (χ3n) is 2.29. The van der Waals surface area contributed by atoms with Crippen molar-refractivity contribution in [2.75, 3.05) is 6.54 Å². The summed E-state index contributed by atoms with van der Waals surface area (Å²) in [5.41, 5.74) is 12.8. The van der Waals surface area contributed by atoms with E-state index in [2.05, 4.69) is 19.1 Å². The number of rotatable bonds is 4. The molecule has 0 radical (unpaired) electrons. The normalized spacial score (nSPS) is 15.3. The van der Waals surface area contributed by atoms with Crippen molar-refractivity contribution in [1.29, 1.82) is 0 Å². The van der Waals surface area contributed by atoms with Crippen LogP contribution in [0.2, 0.25) is 0 Å². The van der Waals surface area contributed by atoms with Crippen LogP contribution in [0.5, 0.6) is 0 Å². The van der Waals surface area contributed by atoms with Gasteiger partial charge < -0.3 is 11.5 Å². The molecule has 1 aromatic carbocycles. The highest BCUT2D eigenvalue weighted by Crippen LogP contribution is 2.17. The van der Waals surface area contributed by atoms with Gasteiger partial charge in [-0.2, -0.15) is 0 Å². The zero-order chi connectivity index (χ0) is 9.68. The maximum Gasteiger partial charge on any atom is 0.0297 e. The van der Waals surface area contributed by atoms with Crippen LogP contribution >= 0.6 is 0 Å². The molecule has 72 valence electrons. The molecule has 0 saturated heterocycles. The van der Waals surface area contributed by atoms with Crippen LogP contribution < -0.4 is 11.5 Å². The smallest absolute Gasteiger partial charge is 0.0297 e. The first-order valence-corrected chi connectivity index (χ1v) is 4.74. The van der Waals surface area contributed by atoms with Gasteiger partial charge in [-0.15, -0.1) is 0 Å². The average Bonchev–Trinajstić information content (AvgIpc) is 2.19. The van der Waals surface area contributed by atoms with Gasteiger partial charge in [0.1, 0.15) is 0 Å². The standard InChI is InChI=1S/C11H18N2/c1-9(8-12)7-11(13)10-5-3-2-4-6-10/h2-6,9,11H,7-8,12-13H2,1H3. The first kappa shape index (κ1) is 10.2. The van der Waals surface area contributed by atoms with Crippen LogP contribution in [0.25, 0.3) is 0 Å². The lowest BCUT2D eigenvalue weighted by molar-refractivity contribution is 0.482. The molecule has 2 atom stereocenters. The number of nitrogens with two attached hydrogens (primary N) is 2. The van der Waals surface area contributed by atoms with E-state index in [1.165, 1.54) is 5.56 Å². The summed E-state index contributed by atoms with van der Waals surface area (Å²) in [6, 6.07) is 10.3. The molecule has 0 amide bonds. The Hall–Kier alpha value is -0.860. The summed E-state index contributed by atoms with van der Waals surface area (Å²) < 4.78 is 0. The van der Waals surface area contributed by atoms with E-state index in [4.69, 9.17) is 11.5 Å². The molecule has 2 heteroatoms. The second kappa shape index (κ2) is 5.00. The predicted octanol–water partition coefficient (Wildman–Crippen LogP) is 1.67. The fourth-order valence-electron chi connectivity index (χ4n) is 1.37. The Bertz CT molecular complexity index is 233. The Morgan fingerprint density at radius 1 is 1.23 bits per heavy atom. The van der Waals surface area contributed by atoms with Crippen molar-refractivity contribution in [1.82, 2.24) is 0 Å². The van der Waals surface area contributed by atoms with E-state index >= 15 is 0 Å². The van der Waals surface area contributed by atoms with Gasteiger partial charge in [-0.05, 0) is 24.4 Å². The van der Waals surface area contributed by atoms with Gasteiger partial charge in [-0.1, -0.05) is 37.3 Å². The minimum Gasteiger partial charge on any atom is -0.330 e. The quantitative estimate of drug-likeness (QED) is 0.737. The highest BCUT2D eigenvalue weighted by molar-refractivity contribution is 5.18. The molecule has 0 aliphatic heterocycles. The van der Waals surface area contributed by atoms with E-state index in [1.54, 1.807) is 0 Å². The van der Waals surface area contributed by atoms with Crippen LogP contribution in [0.4, 0.5) is 0 Å². The van der Waals surface area contributed by atoms with Gasteiger partial charge in [-0.25, -0.2) is 0 Å². The Labute approximate surface area is 79.9 Å². The molecular weight excluding hydrogens is 160 g/mol. The lowest BCUT2D eigenvalue weighted by Crippen LogP contribution is -2.19. The monoisotopic (exact) mass is 178 g/mol. The zero-order valence-electron chi connectivity index (χ0n) is 8.11. The summed E-state index contributed by atoms with van der Waals surface area (Å²) >= 11 is 0. The molecule has 0 aliphatic carbocycles. The van der Waals surface area contributed by atoms with Crippen LogP contribution in [0.1, 0.15) is 24.9 Å². The summed E-state index contributed by atoms with van der Waals surface area (Å²) in [6.45, 7) is 2.84. The third kappa shape index (κ3) is 3.17. The van der Waals surface area contributed by atoms with E-state index in [1.807, 2.05) is 18.2 Å². The van der Waals surface area contributed by atoms with E-state index < -0.39 is 0 Å². The van der Waals surface area contributed by atoms with Crippen molar-refractivity contribution in [3.8, 4) is 0 Å². The van der Waals surface area contributed by atoms with Crippen LogP contribution in [-0.2, 0) is 0 Å². The Balaban J connectivity index is 2.53. The zero-order valence-corrected chi connectivity index (χ0v) is 8.11. The highest BCUT2D eigenvalue weighted by Gasteiger charge is 2.08. The molecule has 2 nitrogen and oxygen atoms in total. The molecular formula is C11H18N2. The van der Waals surface area contributed by atoms with E-state index in [9.17, 15) is 0 Å². The fraction of sp³-hybridized carbons (Fsp3) is 0.455. The predicted molar refractivity (Wildman–Crippen MR) is 56.2 cm³/mol. The van der Waals surface area contributed by atoms with Crippen molar-refractivity contribution in [2.45, 2.75) is 19.4 Å². The number of benzene rings is 1. The average molecular weight is 178 g/mol. The van der Waals surface area contributed by atoms with Crippen LogP contribution in [0, 0.1) is 5.92 Å². The summed E-state index contributed by atoms with van der Waals surface area (Å²) in [4.78, 5) is 0. The van der Waals surface area contributed by atoms with Crippen LogP contribution in [0.15, 0.2) is 30.3 Å². The molecule has 1 aromatic rings. The molecule has 2 unspecified atom stereocenters. The third-order valence-corrected chi connectivity index (χ3v) is 2.29. The first-order valence-electron chi connectivity index (χ1n) is 4.74. The lowest BCUT2D eigenvalue weighted by Gasteiger charge is -2.15. The Kier molecular flexibility index (Phi) is 3.93. The molecule has 4 N–H and O–H groups in total. The van der Waals surface area contributed by atoms with E-state index in [0.717, 1.165) is 6.42 Å². The lowest BCUT2D eigenvalue weighted by atomic mass is 9.97. The summed E-state index contributed by atoms with van der Waals surface area (Å²) in [6.07, 6.45) is 0.959. The molecule has 0 heterocycles. The Morgan fingerprint density at radius 3 is 2.38 bits per heavy atom. The molecule has 1 rings (SSSR count). The van der Waals surface area contributed by atoms with Gasteiger partial charge in [0.15, 0.2) is 0 Å². The Morgan fingerprint density at radius 2 is 1.85 bits per heavy atom. The minimum absolute atomic E-state index is 0.125. The maximum absolute atomic E-state index is 6.02. The fourth-order valence-corrected chi connectivity index (χ4v) is 1.37. The van der Waals surface area contributed by atoms with Crippen molar-refractivity contribution in [2.24, 2.45) is 17.4 Å². The van der Waals surface area contributed by atoms with E-state index in [-0.39, 0.29) is 6.04 Å². The molecule has 13 heavy (non-hydrogen) atoms. The van der Waals surface area contributed by atoms with Crippen molar-refractivity contribution in [3.63, 3.8) is 0 Å². The molecule has 0 spiro atoms. The van der Waals surface area contributed by atoms with Gasteiger partial charge >= 0.3 is 0 Å². The molecule has 0 aromatic heterocycles. The van der Waals surface area contributed by atoms with Crippen molar-refractivity contribution < 1.29 is 0 Å². The van der Waals surface area contributed by atoms with Gasteiger partial charge in [0, 0.05) is 6.04 Å². The second-order valence-electron chi connectivity index (χ2n) is 3.59. The SMILES string of the molecule is CC(CN)CC(N)c1ccccc1. The van der Waals surface area contributed by atoms with Crippen LogP contribution in [0.3, 0.4) is 0 Å². The van der Waals surface area contributed by atoms with Gasteiger partial charge in [0.25, 0.3) is 0 Å². The molecule has 0 bridgehead atoms. The van der Waals surface area contributed by atoms with Gasteiger partial charge in [0.2, 0.25) is 0 Å². The topological polar surface area (TPSA) is 52.0 Å². The molecule has 0 fully saturated rings. The highest BCUT2D eigenvalue weighted by atomic mass is 14.6. The maximum atomic E-state index is 6.02. The van der Waals surface area contributed by atoms with Gasteiger partial charge in [-0.3, -0.25) is 0 Å². The number of hydrogen-bond donors (Lipinski definition) is 2. The summed E-state index contributed by atoms with van der Waals surface area (Å²) in [5, 5.41) is 0. The summed E-state index contributed by atoms with van der Waals surface area (Å²) in [7, 11) is 0. The second-order valence-corrected chi connectivity index (χ2v) is 3.59. The number of hydrogen-bond acceptors (Lipinski definition) is 2. The minimum atomic E-state index is 0.125. The molecule has 0 saturated carbocycles. The van der Waals surface area contributed by atoms with Gasteiger partial charge in [0.05, 0.1) is 0 Å². The first-order chi connectivity index (χ1) is 6.24. The van der Waals surface area contributed by atoms with Crippen molar-refractivity contribution in [3.05, 3.63) is 35.9 Å². The van der Waals surface area contributed by atoms with E-state index in [0.29, 0.717) is 12.5 Å². The molecule has 0 aliphatic rings. The van der Waals surface area contributed by atoms with Crippen molar-refractivity contribution >= 4 is 0 Å².